The predicted octanol–water partition coefficient (Wildman–Crippen LogP) is 4.85. The number of ether oxygens (including phenoxy) is 1. The molecule has 0 aromatic heterocycles. The van der Waals surface area contributed by atoms with E-state index >= 15 is 0 Å². The highest BCUT2D eigenvalue weighted by molar-refractivity contribution is 5.82. The maximum Gasteiger partial charge on any atom is 0.123 e. The summed E-state index contributed by atoms with van der Waals surface area (Å²) in [5.41, 5.74) is 5.87. The van der Waals surface area contributed by atoms with Gasteiger partial charge >= 0.3 is 0 Å². The third kappa shape index (κ3) is 4.43. The van der Waals surface area contributed by atoms with E-state index in [2.05, 4.69) is 10.5 Å². The Morgan fingerprint density at radius 3 is 2.38 bits per heavy atom. The molecule has 0 saturated carbocycles. The smallest absolute Gasteiger partial charge is 0.123 e. The molecular weight excluding hydrogens is 303 g/mol. The molecule has 0 heterocycles. The molecule has 0 radical (unpaired) electrons. The molecule has 3 rings (SSSR count). The Morgan fingerprint density at radius 1 is 0.875 bits per heavy atom. The van der Waals surface area contributed by atoms with Gasteiger partial charge in [-0.05, 0) is 42.0 Å². The predicted molar refractivity (Wildman–Crippen MR) is 94.8 cm³/mol. The first-order valence-electron chi connectivity index (χ1n) is 7.62. The molecule has 0 aliphatic heterocycles. The molecule has 0 amide bonds. The lowest BCUT2D eigenvalue weighted by atomic mass is 10.1. The minimum atomic E-state index is -0.276. The summed E-state index contributed by atoms with van der Waals surface area (Å²) in [5.74, 6) is 0.354. The molecule has 24 heavy (non-hydrogen) atoms. The number of hydrogen-bond donors (Lipinski definition) is 1. The highest BCUT2D eigenvalue weighted by atomic mass is 19.1. The van der Waals surface area contributed by atoms with E-state index in [1.54, 1.807) is 18.3 Å². The number of halogens is 1. The Kier molecular flexibility index (Phi) is 5.20. The van der Waals surface area contributed by atoms with E-state index < -0.39 is 0 Å². The maximum absolute atomic E-state index is 12.9. The Hall–Kier alpha value is -3.14. The van der Waals surface area contributed by atoms with Gasteiger partial charge in [-0.2, -0.15) is 5.10 Å². The van der Waals surface area contributed by atoms with Gasteiger partial charge in [-0.15, -0.1) is 0 Å². The molecule has 4 heteroatoms. The summed E-state index contributed by atoms with van der Waals surface area (Å²) in [5, 5.41) is 4.26. The number of rotatable bonds is 6. The van der Waals surface area contributed by atoms with Gasteiger partial charge in [-0.3, -0.25) is 5.43 Å². The van der Waals surface area contributed by atoms with Crippen molar-refractivity contribution < 1.29 is 9.13 Å². The number of nitrogens with zero attached hydrogens (tertiary/aromatic N) is 1. The van der Waals surface area contributed by atoms with Crippen LogP contribution in [0.2, 0.25) is 0 Å². The topological polar surface area (TPSA) is 33.6 Å². The highest BCUT2D eigenvalue weighted by Gasteiger charge is 2.01. The van der Waals surface area contributed by atoms with Crippen molar-refractivity contribution in [2.45, 2.75) is 6.61 Å². The van der Waals surface area contributed by atoms with Gasteiger partial charge in [0.2, 0.25) is 0 Å². The number of benzene rings is 3. The lowest BCUT2D eigenvalue weighted by molar-refractivity contribution is 0.305. The van der Waals surface area contributed by atoms with Crippen LogP contribution in [0.4, 0.5) is 10.1 Å². The van der Waals surface area contributed by atoms with Crippen molar-refractivity contribution >= 4 is 11.9 Å². The maximum atomic E-state index is 12.9. The summed E-state index contributed by atoms with van der Waals surface area (Å²) in [6.07, 6.45) is 1.76. The minimum absolute atomic E-state index is 0.276. The Labute approximate surface area is 140 Å². The van der Waals surface area contributed by atoms with Crippen molar-refractivity contribution in [1.29, 1.82) is 0 Å². The quantitative estimate of drug-likeness (QED) is 0.520. The van der Waals surface area contributed by atoms with Gasteiger partial charge in [0.25, 0.3) is 0 Å². The normalized spacial score (nSPS) is 10.7. The number of para-hydroxylation sites is 1. The van der Waals surface area contributed by atoms with Crippen molar-refractivity contribution in [3.05, 3.63) is 95.8 Å². The van der Waals surface area contributed by atoms with Gasteiger partial charge in [0.15, 0.2) is 0 Å². The van der Waals surface area contributed by atoms with Gasteiger partial charge in [-0.1, -0.05) is 42.5 Å². The third-order valence-electron chi connectivity index (χ3n) is 3.43. The second kappa shape index (κ2) is 7.92. The first-order chi connectivity index (χ1) is 11.8. The molecule has 1 N–H and O–H groups in total. The van der Waals surface area contributed by atoms with Gasteiger partial charge in [-0.25, -0.2) is 4.39 Å². The molecule has 3 aromatic rings. The van der Waals surface area contributed by atoms with E-state index in [1.807, 2.05) is 54.6 Å². The fourth-order valence-electron chi connectivity index (χ4n) is 2.17. The summed E-state index contributed by atoms with van der Waals surface area (Å²) in [4.78, 5) is 0. The van der Waals surface area contributed by atoms with Gasteiger partial charge in [0.05, 0.1) is 11.9 Å². The molecule has 0 spiro atoms. The summed E-state index contributed by atoms with van der Waals surface area (Å²) < 4.78 is 18.6. The Morgan fingerprint density at radius 2 is 1.58 bits per heavy atom. The average Bonchev–Trinajstić information content (AvgIpc) is 2.63. The van der Waals surface area contributed by atoms with Gasteiger partial charge < -0.3 is 4.74 Å². The average molecular weight is 320 g/mol. The molecule has 0 bridgehead atoms. The molecule has 0 fully saturated rings. The standard InChI is InChI=1S/C20H17FN2O/c21-18-10-12-20(13-11-18)24-15-17-7-5-4-6-16(17)14-22-23-19-8-2-1-3-9-19/h1-14,23H,15H2. The summed E-state index contributed by atoms with van der Waals surface area (Å²) in [7, 11) is 0. The van der Waals surface area contributed by atoms with Crippen LogP contribution in [-0.4, -0.2) is 6.21 Å². The van der Waals surface area contributed by atoms with Crippen LogP contribution >= 0.6 is 0 Å². The number of anilines is 1. The molecule has 0 aliphatic rings. The fraction of sp³-hybridized carbons (Fsp3) is 0.0500. The molecule has 0 unspecified atom stereocenters. The van der Waals surface area contributed by atoms with Crippen LogP contribution in [0.1, 0.15) is 11.1 Å². The van der Waals surface area contributed by atoms with E-state index in [4.69, 9.17) is 4.74 Å². The monoisotopic (exact) mass is 320 g/mol. The first-order valence-corrected chi connectivity index (χ1v) is 7.62. The number of hydrogen-bond acceptors (Lipinski definition) is 3. The van der Waals surface area contributed by atoms with Crippen LogP contribution < -0.4 is 10.2 Å². The highest BCUT2D eigenvalue weighted by Crippen LogP contribution is 2.15. The second-order valence-corrected chi connectivity index (χ2v) is 5.18. The van der Waals surface area contributed by atoms with Gasteiger partial charge in [0.1, 0.15) is 18.2 Å². The zero-order chi connectivity index (χ0) is 16.6. The SMILES string of the molecule is Fc1ccc(OCc2ccccc2C=NNc2ccccc2)cc1. The van der Waals surface area contributed by atoms with Gasteiger partial charge in [0, 0.05) is 5.56 Å². The summed E-state index contributed by atoms with van der Waals surface area (Å²) >= 11 is 0. The number of nitrogens with one attached hydrogen (secondary N) is 1. The lowest BCUT2D eigenvalue weighted by Gasteiger charge is -2.08. The Bertz CT molecular complexity index is 801. The second-order valence-electron chi connectivity index (χ2n) is 5.18. The zero-order valence-electron chi connectivity index (χ0n) is 13.0. The zero-order valence-corrected chi connectivity index (χ0v) is 13.0. The lowest BCUT2D eigenvalue weighted by Crippen LogP contribution is -2.00. The molecule has 0 saturated heterocycles. The van der Waals surface area contributed by atoms with E-state index in [0.29, 0.717) is 12.4 Å². The van der Waals surface area contributed by atoms with Crippen LogP contribution in [0.25, 0.3) is 0 Å². The summed E-state index contributed by atoms with van der Waals surface area (Å²) in [6.45, 7) is 0.388. The Balaban J connectivity index is 1.65. The van der Waals surface area contributed by atoms with E-state index in [-0.39, 0.29) is 5.82 Å². The van der Waals surface area contributed by atoms with E-state index in [0.717, 1.165) is 16.8 Å². The molecule has 3 nitrogen and oxygen atoms in total. The first kappa shape index (κ1) is 15.7. The van der Waals surface area contributed by atoms with Crippen molar-refractivity contribution in [3.63, 3.8) is 0 Å². The minimum Gasteiger partial charge on any atom is -0.489 e. The fourth-order valence-corrected chi connectivity index (χ4v) is 2.17. The van der Waals surface area contributed by atoms with Crippen LogP contribution in [0.15, 0.2) is 84.0 Å². The van der Waals surface area contributed by atoms with Crippen LogP contribution in [0.3, 0.4) is 0 Å². The van der Waals surface area contributed by atoms with Crippen LogP contribution in [0.5, 0.6) is 5.75 Å². The van der Waals surface area contributed by atoms with Crippen molar-refractivity contribution in [1.82, 2.24) is 0 Å². The van der Waals surface area contributed by atoms with Crippen molar-refractivity contribution in [3.8, 4) is 5.75 Å². The van der Waals surface area contributed by atoms with Crippen molar-refractivity contribution in [2.75, 3.05) is 5.43 Å². The summed E-state index contributed by atoms with van der Waals surface area (Å²) in [6, 6.07) is 23.6. The number of hydrazone groups is 1. The molecule has 0 atom stereocenters. The largest absolute Gasteiger partial charge is 0.489 e. The molecular formula is C20H17FN2O. The van der Waals surface area contributed by atoms with E-state index in [1.165, 1.54) is 12.1 Å². The molecule has 3 aromatic carbocycles. The molecule has 120 valence electrons. The third-order valence-corrected chi connectivity index (χ3v) is 3.43. The van der Waals surface area contributed by atoms with Crippen LogP contribution in [-0.2, 0) is 6.61 Å². The van der Waals surface area contributed by atoms with Crippen molar-refractivity contribution in [2.24, 2.45) is 5.10 Å². The van der Waals surface area contributed by atoms with Crippen LogP contribution in [0, 0.1) is 5.82 Å². The molecule has 0 aliphatic carbocycles. The van der Waals surface area contributed by atoms with E-state index in [9.17, 15) is 4.39 Å².